The molecule has 13 nitrogen and oxygen atoms in total. The van der Waals surface area contributed by atoms with E-state index < -0.39 is 11.8 Å². The summed E-state index contributed by atoms with van der Waals surface area (Å²) in [4.78, 5) is 23.8. The van der Waals surface area contributed by atoms with Gasteiger partial charge >= 0.3 is 59.1 Å². The van der Waals surface area contributed by atoms with Crippen LogP contribution in [0, 0.1) is 11.3 Å². The summed E-state index contributed by atoms with van der Waals surface area (Å²) in [5.74, 6) is -1.60. The zero-order valence-corrected chi connectivity index (χ0v) is 17.7. The number of carbonyl (C=O) groups is 2. The molecule has 0 aliphatic rings. The zero-order valence-electron chi connectivity index (χ0n) is 15.7. The van der Waals surface area contributed by atoms with Gasteiger partial charge in [0.15, 0.2) is 0 Å². The van der Waals surface area contributed by atoms with Gasteiger partial charge in [0.25, 0.3) is 23.5 Å². The van der Waals surface area contributed by atoms with Crippen LogP contribution in [0.15, 0.2) is 18.2 Å². The quantitative estimate of drug-likeness (QED) is 0.322. The van der Waals surface area contributed by atoms with Gasteiger partial charge in [0.1, 0.15) is 0 Å². The minimum absolute atomic E-state index is 0. The molecule has 0 bridgehead atoms. The van der Waals surface area contributed by atoms with Gasteiger partial charge in [-0.2, -0.15) is 15.7 Å². The Morgan fingerprint density at radius 2 is 1.38 bits per heavy atom. The topological polar surface area (TPSA) is 191 Å². The van der Waals surface area contributed by atoms with Crippen LogP contribution in [0.25, 0.3) is 0 Å². The van der Waals surface area contributed by atoms with E-state index in [-0.39, 0.29) is 90.6 Å². The Bertz CT molecular complexity index is 864. The van der Waals surface area contributed by atoms with Crippen LogP contribution in [0.1, 0.15) is 29.7 Å². The molecule has 0 unspecified atom stereocenters. The Hall–Kier alpha value is -2.21. The Morgan fingerprint density at radius 1 is 0.923 bits per heavy atom. The number of tetrazole rings is 2. The largest absolute Gasteiger partial charge is 1.00 e. The first-order valence-electron chi connectivity index (χ1n) is 6.30. The van der Waals surface area contributed by atoms with E-state index in [4.69, 9.17) is 5.26 Å². The van der Waals surface area contributed by atoms with E-state index in [1.54, 1.807) is 0 Å². The van der Waals surface area contributed by atoms with Crippen molar-refractivity contribution in [3.8, 4) is 6.07 Å². The number of hydrogen-bond acceptors (Lipinski definition) is 9. The maximum atomic E-state index is 11.9. The molecule has 26 heavy (non-hydrogen) atoms. The van der Waals surface area contributed by atoms with E-state index in [1.807, 2.05) is 6.07 Å². The van der Waals surface area contributed by atoms with Crippen LogP contribution in [0.2, 0.25) is 0 Å². The number of rotatable bonds is 4. The summed E-state index contributed by atoms with van der Waals surface area (Å²) < 4.78 is 0. The number of nitrogens with one attached hydrogen (secondary N) is 4. The first-order chi connectivity index (χ1) is 11.7. The molecule has 0 spiro atoms. The number of H-pyrrole nitrogens is 2. The number of benzene rings is 1. The molecule has 0 aliphatic carbocycles. The number of nitrogens with zero attached hydrogens (tertiary/aromatic N) is 7. The van der Waals surface area contributed by atoms with Crippen molar-refractivity contribution >= 4 is 23.2 Å². The molecule has 0 radical (unpaired) electrons. The monoisotopic (exact) mass is 373 g/mol. The first-order valence-corrected chi connectivity index (χ1v) is 6.30. The standard InChI is InChI=1S/C11H7N11O2.2Na.2H/c12-4-5-1-6(13-10(23)8-15-19-20-16-8)3-7(2-5)14-11(24)9-17-21-22-18-9;;;;/h1-3H,(H,13,23)(H,14,24)(H,15,16,19,20)(H,17,18,21,22);;;;/q;2*+1;2*-1. The van der Waals surface area contributed by atoms with Crippen molar-refractivity contribution in [3.63, 3.8) is 0 Å². The van der Waals surface area contributed by atoms with E-state index in [2.05, 4.69) is 51.9 Å². The number of nitriles is 1. The van der Waals surface area contributed by atoms with Gasteiger partial charge in [0, 0.05) is 11.4 Å². The normalized spacial score (nSPS) is 9.19. The third-order valence-corrected chi connectivity index (χ3v) is 2.67. The summed E-state index contributed by atoms with van der Waals surface area (Å²) in [7, 11) is 0. The van der Waals surface area contributed by atoms with Crippen LogP contribution in [0.4, 0.5) is 11.4 Å². The Kier molecular flexibility index (Phi) is 8.45. The van der Waals surface area contributed by atoms with Crippen molar-refractivity contribution in [2.75, 3.05) is 10.6 Å². The number of amides is 2. The third kappa shape index (κ3) is 5.39. The van der Waals surface area contributed by atoms with Gasteiger partial charge in [-0.1, -0.05) is 0 Å². The van der Waals surface area contributed by atoms with E-state index in [0.29, 0.717) is 0 Å². The fourth-order valence-electron chi connectivity index (χ4n) is 1.73. The third-order valence-electron chi connectivity index (χ3n) is 2.67. The van der Waals surface area contributed by atoms with Crippen molar-refractivity contribution in [2.45, 2.75) is 0 Å². The second kappa shape index (κ2) is 10.1. The summed E-state index contributed by atoms with van der Waals surface area (Å²) in [6.45, 7) is 0. The number of aromatic nitrogens is 8. The predicted molar refractivity (Wildman–Crippen MR) is 77.6 cm³/mol. The van der Waals surface area contributed by atoms with Gasteiger partial charge in [-0.25, -0.2) is 0 Å². The molecule has 4 N–H and O–H groups in total. The summed E-state index contributed by atoms with van der Waals surface area (Å²) in [6.07, 6.45) is 0. The SMILES string of the molecule is N#Cc1cc(NC(=O)c2nn[nH]n2)cc(NC(=O)c2nn[nH]n2)c1.[H-].[H-].[Na+].[Na+]. The van der Waals surface area contributed by atoms with Crippen molar-refractivity contribution < 1.29 is 71.6 Å². The molecule has 1 aromatic carbocycles. The molecule has 2 amide bonds. The predicted octanol–water partition coefficient (Wildman–Crippen LogP) is -6.68. The molecule has 2 aromatic heterocycles. The van der Waals surface area contributed by atoms with Crippen LogP contribution >= 0.6 is 0 Å². The molecule has 0 atom stereocenters. The first kappa shape index (κ1) is 21.8. The number of hydrogen-bond donors (Lipinski definition) is 4. The molecule has 3 rings (SSSR count). The molecule has 0 aliphatic heterocycles. The number of aromatic amines is 2. The minimum Gasteiger partial charge on any atom is -1.00 e. The van der Waals surface area contributed by atoms with E-state index in [0.717, 1.165) is 0 Å². The molecule has 0 fully saturated rings. The maximum Gasteiger partial charge on any atom is 1.00 e. The summed E-state index contributed by atoms with van der Waals surface area (Å²) in [5, 5.41) is 39.1. The smallest absolute Gasteiger partial charge is 1.00 e. The Morgan fingerprint density at radius 3 is 1.73 bits per heavy atom. The van der Waals surface area contributed by atoms with E-state index in [1.165, 1.54) is 18.2 Å². The average Bonchev–Trinajstić information content (AvgIpc) is 3.27. The van der Waals surface area contributed by atoms with E-state index >= 15 is 0 Å². The van der Waals surface area contributed by atoms with Gasteiger partial charge in [0.2, 0.25) is 0 Å². The fraction of sp³-hybridized carbons (Fsp3) is 0. The number of carbonyl (C=O) groups excluding carboxylic acids is 2. The van der Waals surface area contributed by atoms with Crippen molar-refractivity contribution in [1.82, 2.24) is 41.2 Å². The van der Waals surface area contributed by atoms with Crippen LogP contribution in [-0.2, 0) is 0 Å². The van der Waals surface area contributed by atoms with Gasteiger partial charge < -0.3 is 13.5 Å². The van der Waals surface area contributed by atoms with Gasteiger partial charge in [-0.15, -0.1) is 20.4 Å². The van der Waals surface area contributed by atoms with Crippen molar-refractivity contribution in [2.24, 2.45) is 0 Å². The molecular formula is C11H9N11Na2O2. The molecule has 2 heterocycles. The molecule has 0 saturated carbocycles. The van der Waals surface area contributed by atoms with Crippen LogP contribution in [-0.4, -0.2) is 53.1 Å². The average molecular weight is 373 g/mol. The second-order valence-corrected chi connectivity index (χ2v) is 4.29. The summed E-state index contributed by atoms with van der Waals surface area (Å²) in [5.41, 5.74) is 0.726. The molecule has 15 heteroatoms. The maximum absolute atomic E-state index is 11.9. The van der Waals surface area contributed by atoms with Gasteiger partial charge in [0.05, 0.1) is 11.6 Å². The van der Waals surface area contributed by atoms with Gasteiger partial charge in [-0.3, -0.25) is 9.59 Å². The molecule has 3 aromatic rings. The zero-order chi connectivity index (χ0) is 16.9. The Balaban J connectivity index is 0. The second-order valence-electron chi connectivity index (χ2n) is 4.29. The summed E-state index contributed by atoms with van der Waals surface area (Å²) >= 11 is 0. The number of anilines is 2. The van der Waals surface area contributed by atoms with Crippen molar-refractivity contribution in [1.29, 1.82) is 5.26 Å². The molecule has 122 valence electrons. The van der Waals surface area contributed by atoms with Crippen LogP contribution in [0.3, 0.4) is 0 Å². The minimum atomic E-state index is -0.630. The molecular weight excluding hydrogens is 364 g/mol. The van der Waals surface area contributed by atoms with Crippen LogP contribution in [0.5, 0.6) is 0 Å². The fourth-order valence-corrected chi connectivity index (χ4v) is 1.73. The summed E-state index contributed by atoms with van der Waals surface area (Å²) in [6, 6.07) is 6.20. The molecule has 0 saturated heterocycles. The van der Waals surface area contributed by atoms with Gasteiger partial charge in [-0.05, 0) is 28.6 Å². The van der Waals surface area contributed by atoms with Crippen molar-refractivity contribution in [3.05, 3.63) is 35.4 Å². The van der Waals surface area contributed by atoms with Crippen LogP contribution < -0.4 is 69.7 Å². The Labute approximate surface area is 192 Å². The van der Waals surface area contributed by atoms with E-state index in [9.17, 15) is 9.59 Å².